The van der Waals surface area contributed by atoms with Gasteiger partial charge in [0.1, 0.15) is 11.5 Å². The topological polar surface area (TPSA) is 28.7 Å². The van der Waals surface area contributed by atoms with Crippen LogP contribution in [0.2, 0.25) is 0 Å². The van der Waals surface area contributed by atoms with Crippen LogP contribution in [-0.2, 0) is 0 Å². The molecule has 0 radical (unpaired) electrons. The molecule has 1 aliphatic rings. The van der Waals surface area contributed by atoms with E-state index < -0.39 is 0 Å². The fourth-order valence-corrected chi connectivity index (χ4v) is 2.02. The van der Waals surface area contributed by atoms with E-state index in [1.54, 1.807) is 0 Å². The van der Waals surface area contributed by atoms with E-state index in [2.05, 4.69) is 15.9 Å². The molecule has 1 heterocycles. The minimum atomic E-state index is 0.626. The molecule has 0 atom stereocenters. The predicted molar refractivity (Wildman–Crippen MR) is 52.5 cm³/mol. The number of nitrogens with one attached hydrogen (secondary N) is 1. The highest BCUT2D eigenvalue weighted by Crippen LogP contribution is 2.32. The minimum absolute atomic E-state index is 0.626. The van der Waals surface area contributed by atoms with E-state index in [-0.39, 0.29) is 0 Å². The Labute approximate surface area is 78.8 Å². The number of aromatic nitrogens is 2. The average molecular weight is 174 g/mol. The summed E-state index contributed by atoms with van der Waals surface area (Å²) < 4.78 is 0. The molecule has 0 unspecified atom stereocenters. The zero-order valence-electron chi connectivity index (χ0n) is 7.93. The second kappa shape index (κ2) is 3.26. The van der Waals surface area contributed by atoms with Crippen LogP contribution in [0.1, 0.15) is 48.8 Å². The second-order valence-electron chi connectivity index (χ2n) is 3.72. The molecule has 0 spiro atoms. The van der Waals surface area contributed by atoms with E-state index >= 15 is 0 Å². The van der Waals surface area contributed by atoms with Gasteiger partial charge in [0.2, 0.25) is 0 Å². The van der Waals surface area contributed by atoms with Crippen molar-refractivity contribution in [2.45, 2.75) is 38.5 Å². The van der Waals surface area contributed by atoms with Crippen molar-refractivity contribution in [1.29, 1.82) is 0 Å². The monoisotopic (exact) mass is 174 g/mol. The van der Waals surface area contributed by atoms with Crippen molar-refractivity contribution in [3.8, 4) is 12.3 Å². The Morgan fingerprint density at radius 2 is 2.15 bits per heavy atom. The van der Waals surface area contributed by atoms with Crippen molar-refractivity contribution in [2.75, 3.05) is 0 Å². The molecule has 0 aliphatic heterocycles. The van der Waals surface area contributed by atoms with Crippen LogP contribution in [0.4, 0.5) is 0 Å². The summed E-state index contributed by atoms with van der Waals surface area (Å²) in [6.07, 6.45) is 10.5. The number of H-pyrrole nitrogens is 1. The highest BCUT2D eigenvalue weighted by molar-refractivity contribution is 5.30. The van der Waals surface area contributed by atoms with Crippen molar-refractivity contribution < 1.29 is 0 Å². The van der Waals surface area contributed by atoms with Crippen LogP contribution < -0.4 is 0 Å². The molecule has 1 fully saturated rings. The first kappa shape index (κ1) is 8.37. The Morgan fingerprint density at radius 1 is 1.46 bits per heavy atom. The van der Waals surface area contributed by atoms with Crippen molar-refractivity contribution in [3.05, 3.63) is 17.2 Å². The second-order valence-corrected chi connectivity index (χ2v) is 3.72. The first-order chi connectivity index (χ1) is 6.31. The van der Waals surface area contributed by atoms with Crippen LogP contribution >= 0.6 is 0 Å². The summed E-state index contributed by atoms with van der Waals surface area (Å²) >= 11 is 0. The molecule has 1 aromatic rings. The first-order valence-electron chi connectivity index (χ1n) is 4.84. The Morgan fingerprint density at radius 3 is 2.69 bits per heavy atom. The number of hydrogen-bond acceptors (Lipinski definition) is 1. The Balaban J connectivity index is 2.26. The third-order valence-electron chi connectivity index (χ3n) is 2.78. The highest BCUT2D eigenvalue weighted by atomic mass is 14.9. The molecule has 0 aromatic carbocycles. The third-order valence-corrected chi connectivity index (χ3v) is 2.78. The molecule has 1 saturated carbocycles. The number of aryl methyl sites for hydroxylation is 1. The van der Waals surface area contributed by atoms with Gasteiger partial charge in [0.25, 0.3) is 0 Å². The van der Waals surface area contributed by atoms with Gasteiger partial charge in [-0.05, 0) is 25.7 Å². The zero-order chi connectivity index (χ0) is 9.26. The largest absolute Gasteiger partial charge is 0.345 e. The van der Waals surface area contributed by atoms with Crippen molar-refractivity contribution >= 4 is 0 Å². The van der Waals surface area contributed by atoms with Gasteiger partial charge >= 0.3 is 0 Å². The van der Waals surface area contributed by atoms with Gasteiger partial charge in [-0.2, -0.15) is 0 Å². The minimum Gasteiger partial charge on any atom is -0.345 e. The van der Waals surface area contributed by atoms with Crippen molar-refractivity contribution in [1.82, 2.24) is 9.97 Å². The van der Waals surface area contributed by atoms with Gasteiger partial charge < -0.3 is 4.98 Å². The molecule has 68 valence electrons. The maximum absolute atomic E-state index is 5.33. The molecular formula is C11H14N2. The number of hydrogen-bond donors (Lipinski definition) is 1. The molecule has 1 aromatic heterocycles. The van der Waals surface area contributed by atoms with Crippen LogP contribution in [0.5, 0.6) is 0 Å². The van der Waals surface area contributed by atoms with Gasteiger partial charge in [0, 0.05) is 11.6 Å². The lowest BCUT2D eigenvalue weighted by molar-refractivity contribution is 0.677. The summed E-state index contributed by atoms with van der Waals surface area (Å²) in [5.74, 6) is 4.32. The van der Waals surface area contributed by atoms with E-state index in [0.29, 0.717) is 5.92 Å². The molecule has 2 heteroatoms. The van der Waals surface area contributed by atoms with Crippen LogP contribution in [0.3, 0.4) is 0 Å². The molecule has 0 saturated heterocycles. The van der Waals surface area contributed by atoms with Gasteiger partial charge in [-0.15, -0.1) is 6.42 Å². The lowest BCUT2D eigenvalue weighted by atomic mass is 10.1. The van der Waals surface area contributed by atoms with Gasteiger partial charge in [-0.25, -0.2) is 4.98 Å². The third kappa shape index (κ3) is 1.47. The SMILES string of the molecule is C#Cc1nc(C2CCCC2)[nH]c1C. The lowest BCUT2D eigenvalue weighted by Crippen LogP contribution is -1.94. The van der Waals surface area contributed by atoms with Crippen LogP contribution in [0.25, 0.3) is 0 Å². The van der Waals surface area contributed by atoms with Gasteiger partial charge in [0.05, 0.1) is 0 Å². The number of nitrogens with zero attached hydrogens (tertiary/aromatic N) is 1. The molecule has 0 amide bonds. The van der Waals surface area contributed by atoms with E-state index in [0.717, 1.165) is 17.2 Å². The lowest BCUT2D eigenvalue weighted by Gasteiger charge is -2.02. The molecule has 0 bridgehead atoms. The standard InChI is InChI=1S/C11H14N2/c1-3-10-8(2)12-11(13-10)9-6-4-5-7-9/h1,9H,4-7H2,2H3,(H,12,13). The van der Waals surface area contributed by atoms with Crippen molar-refractivity contribution in [3.63, 3.8) is 0 Å². The van der Waals surface area contributed by atoms with Gasteiger partial charge in [-0.1, -0.05) is 12.8 Å². The van der Waals surface area contributed by atoms with Crippen LogP contribution in [-0.4, -0.2) is 9.97 Å². The zero-order valence-corrected chi connectivity index (χ0v) is 7.93. The molecular weight excluding hydrogens is 160 g/mol. The smallest absolute Gasteiger partial charge is 0.134 e. The average Bonchev–Trinajstić information content (AvgIpc) is 2.71. The number of imidazole rings is 1. The summed E-state index contributed by atoms with van der Waals surface area (Å²) in [5, 5.41) is 0. The summed E-state index contributed by atoms with van der Waals surface area (Å²) in [4.78, 5) is 7.70. The summed E-state index contributed by atoms with van der Waals surface area (Å²) in [6.45, 7) is 1.99. The normalized spacial score (nSPS) is 17.5. The molecule has 1 N–H and O–H groups in total. The van der Waals surface area contributed by atoms with Crippen molar-refractivity contribution in [2.24, 2.45) is 0 Å². The van der Waals surface area contributed by atoms with Crippen LogP contribution in [0.15, 0.2) is 0 Å². The number of terminal acetylenes is 1. The fourth-order valence-electron chi connectivity index (χ4n) is 2.02. The highest BCUT2D eigenvalue weighted by Gasteiger charge is 2.20. The molecule has 1 aliphatic carbocycles. The van der Waals surface area contributed by atoms with Gasteiger partial charge in [-0.3, -0.25) is 0 Å². The summed E-state index contributed by atoms with van der Waals surface area (Å²) in [5.41, 5.74) is 1.81. The number of aromatic amines is 1. The van der Waals surface area contributed by atoms with E-state index in [1.165, 1.54) is 25.7 Å². The van der Waals surface area contributed by atoms with Gasteiger partial charge in [0.15, 0.2) is 0 Å². The fraction of sp³-hybridized carbons (Fsp3) is 0.545. The number of rotatable bonds is 1. The summed E-state index contributed by atoms with van der Waals surface area (Å²) in [7, 11) is 0. The molecule has 13 heavy (non-hydrogen) atoms. The molecule has 2 nitrogen and oxygen atoms in total. The summed E-state index contributed by atoms with van der Waals surface area (Å²) in [6, 6.07) is 0. The maximum atomic E-state index is 5.33. The van der Waals surface area contributed by atoms with Crippen LogP contribution in [0, 0.1) is 19.3 Å². The predicted octanol–water partition coefficient (Wildman–Crippen LogP) is 2.36. The van der Waals surface area contributed by atoms with E-state index in [9.17, 15) is 0 Å². The quantitative estimate of drug-likeness (QED) is 0.650. The van der Waals surface area contributed by atoms with E-state index in [1.807, 2.05) is 6.92 Å². The Kier molecular flexibility index (Phi) is 2.10. The maximum Gasteiger partial charge on any atom is 0.134 e. The Bertz CT molecular complexity index is 337. The van der Waals surface area contributed by atoms with E-state index in [4.69, 9.17) is 6.42 Å². The molecule has 2 rings (SSSR count). The Hall–Kier alpha value is -1.23. The first-order valence-corrected chi connectivity index (χ1v) is 4.84.